The fourth-order valence-electron chi connectivity index (χ4n) is 3.00. The summed E-state index contributed by atoms with van der Waals surface area (Å²) in [6.45, 7) is 2.61. The zero-order chi connectivity index (χ0) is 15.3. The second-order valence-corrected chi connectivity index (χ2v) is 8.88. The van der Waals surface area contributed by atoms with E-state index < -0.39 is 10.0 Å². The average molecular weight is 326 g/mol. The van der Waals surface area contributed by atoms with E-state index in [0.717, 1.165) is 29.8 Å². The van der Waals surface area contributed by atoms with Gasteiger partial charge in [0, 0.05) is 12.2 Å². The summed E-state index contributed by atoms with van der Waals surface area (Å²) in [5.41, 5.74) is 1.70. The van der Waals surface area contributed by atoms with Crippen LogP contribution >= 0.6 is 11.8 Å². The minimum Gasteiger partial charge on any atom is -0.311 e. The van der Waals surface area contributed by atoms with Crippen LogP contribution in [-0.2, 0) is 21.2 Å². The number of nitrogens with zero attached hydrogens (tertiary/aromatic N) is 1. The molecular formula is C14H18N2O3S2. The summed E-state index contributed by atoms with van der Waals surface area (Å²) in [5.74, 6) is 1.15. The van der Waals surface area contributed by atoms with E-state index in [4.69, 9.17) is 5.14 Å². The van der Waals surface area contributed by atoms with E-state index in [1.54, 1.807) is 28.8 Å². The normalized spacial score (nSPS) is 25.1. The van der Waals surface area contributed by atoms with Crippen molar-refractivity contribution in [3.05, 3.63) is 23.8 Å². The first kappa shape index (κ1) is 14.9. The summed E-state index contributed by atoms with van der Waals surface area (Å²) in [4.78, 5) is 14.7. The van der Waals surface area contributed by atoms with Crippen LogP contribution in [0.1, 0.15) is 25.3 Å². The van der Waals surface area contributed by atoms with E-state index in [2.05, 4.69) is 0 Å². The summed E-state index contributed by atoms with van der Waals surface area (Å²) >= 11 is 1.71. The van der Waals surface area contributed by atoms with Gasteiger partial charge in [0.2, 0.25) is 15.9 Å². The SMILES string of the molecule is CC1(C(=O)N2CCc3cc(S(N)(=O)=O)ccc32)CCCS1. The van der Waals surface area contributed by atoms with Gasteiger partial charge in [-0.3, -0.25) is 4.79 Å². The fraction of sp³-hybridized carbons (Fsp3) is 0.500. The number of thioether (sulfide) groups is 1. The molecule has 5 nitrogen and oxygen atoms in total. The zero-order valence-electron chi connectivity index (χ0n) is 11.8. The maximum Gasteiger partial charge on any atom is 0.242 e. The number of fused-ring (bicyclic) bond motifs is 1. The molecule has 21 heavy (non-hydrogen) atoms. The Morgan fingerprint density at radius 3 is 2.81 bits per heavy atom. The molecule has 0 spiro atoms. The predicted octanol–water partition coefficient (Wildman–Crippen LogP) is 1.51. The molecule has 0 saturated carbocycles. The van der Waals surface area contributed by atoms with Crippen molar-refractivity contribution in [2.45, 2.75) is 35.8 Å². The summed E-state index contributed by atoms with van der Waals surface area (Å²) in [6.07, 6.45) is 2.64. The Hall–Kier alpha value is -1.05. The molecule has 0 aliphatic carbocycles. The Kier molecular flexibility index (Phi) is 3.54. The van der Waals surface area contributed by atoms with Gasteiger partial charge in [-0.2, -0.15) is 0 Å². The number of benzene rings is 1. The molecule has 0 radical (unpaired) electrons. The Balaban J connectivity index is 1.92. The minimum atomic E-state index is -3.70. The van der Waals surface area contributed by atoms with Gasteiger partial charge < -0.3 is 4.90 Å². The van der Waals surface area contributed by atoms with Crippen molar-refractivity contribution in [3.63, 3.8) is 0 Å². The standard InChI is InChI=1S/C14H18N2O3S2/c1-14(6-2-8-20-14)13(17)16-7-5-10-9-11(21(15,18)19)3-4-12(10)16/h3-4,9H,2,5-8H2,1H3,(H2,15,18,19). The zero-order valence-corrected chi connectivity index (χ0v) is 13.5. The van der Waals surface area contributed by atoms with E-state index in [9.17, 15) is 13.2 Å². The van der Waals surface area contributed by atoms with Gasteiger partial charge in [0.05, 0.1) is 9.64 Å². The molecule has 2 aliphatic heterocycles. The van der Waals surface area contributed by atoms with Crippen LogP contribution in [-0.4, -0.2) is 31.4 Å². The lowest BCUT2D eigenvalue weighted by Gasteiger charge is -2.28. The number of carbonyl (C=O) groups excluding carboxylic acids is 1. The van der Waals surface area contributed by atoms with Crippen molar-refractivity contribution in [1.82, 2.24) is 0 Å². The van der Waals surface area contributed by atoms with E-state index in [1.807, 2.05) is 6.92 Å². The summed E-state index contributed by atoms with van der Waals surface area (Å²) in [7, 11) is -3.70. The van der Waals surface area contributed by atoms with E-state index >= 15 is 0 Å². The first-order valence-electron chi connectivity index (χ1n) is 6.93. The van der Waals surface area contributed by atoms with Crippen LogP contribution in [0.2, 0.25) is 0 Å². The molecular weight excluding hydrogens is 308 g/mol. The van der Waals surface area contributed by atoms with Crippen LogP contribution in [0.15, 0.2) is 23.1 Å². The first-order chi connectivity index (χ1) is 9.81. The highest BCUT2D eigenvalue weighted by atomic mass is 32.2. The molecule has 1 saturated heterocycles. The van der Waals surface area contributed by atoms with Gasteiger partial charge in [0.15, 0.2) is 0 Å². The van der Waals surface area contributed by atoms with E-state index in [1.165, 1.54) is 6.07 Å². The summed E-state index contributed by atoms with van der Waals surface area (Å²) in [6, 6.07) is 4.76. The average Bonchev–Trinajstić information content (AvgIpc) is 3.03. The first-order valence-corrected chi connectivity index (χ1v) is 9.46. The van der Waals surface area contributed by atoms with Crippen molar-refractivity contribution >= 4 is 33.4 Å². The smallest absolute Gasteiger partial charge is 0.242 e. The molecule has 0 aromatic heterocycles. The van der Waals surface area contributed by atoms with Gasteiger partial charge in [-0.1, -0.05) is 0 Å². The number of hydrogen-bond acceptors (Lipinski definition) is 4. The van der Waals surface area contributed by atoms with Gasteiger partial charge in [0.1, 0.15) is 0 Å². The van der Waals surface area contributed by atoms with E-state index in [-0.39, 0.29) is 15.5 Å². The van der Waals surface area contributed by atoms with Crippen LogP contribution in [0.3, 0.4) is 0 Å². The van der Waals surface area contributed by atoms with Crippen molar-refractivity contribution in [3.8, 4) is 0 Å². The second kappa shape index (κ2) is 5.00. The summed E-state index contributed by atoms with van der Waals surface area (Å²) < 4.78 is 22.5. The molecule has 2 N–H and O–H groups in total. The lowest BCUT2D eigenvalue weighted by molar-refractivity contribution is -0.120. The van der Waals surface area contributed by atoms with Gasteiger partial charge in [-0.05, 0) is 55.7 Å². The monoisotopic (exact) mass is 326 g/mol. The molecule has 1 aromatic carbocycles. The molecule has 1 unspecified atom stereocenters. The lowest BCUT2D eigenvalue weighted by Crippen LogP contribution is -2.43. The maximum absolute atomic E-state index is 12.8. The number of primary sulfonamides is 1. The number of carbonyl (C=O) groups is 1. The highest BCUT2D eigenvalue weighted by Gasteiger charge is 2.42. The number of anilines is 1. The number of sulfonamides is 1. The molecule has 1 atom stereocenters. The highest BCUT2D eigenvalue weighted by molar-refractivity contribution is 8.01. The van der Waals surface area contributed by atoms with Gasteiger partial charge >= 0.3 is 0 Å². The third-order valence-electron chi connectivity index (χ3n) is 4.19. The van der Waals surface area contributed by atoms with Crippen LogP contribution in [0.25, 0.3) is 0 Å². The lowest BCUT2D eigenvalue weighted by atomic mass is 10.0. The van der Waals surface area contributed by atoms with Crippen LogP contribution in [0, 0.1) is 0 Å². The Labute approximate surface area is 128 Å². The van der Waals surface area contributed by atoms with Crippen LogP contribution < -0.4 is 10.0 Å². The molecule has 2 heterocycles. The van der Waals surface area contributed by atoms with E-state index in [0.29, 0.717) is 13.0 Å². The fourth-order valence-corrected chi connectivity index (χ4v) is 4.83. The molecule has 7 heteroatoms. The summed E-state index contributed by atoms with van der Waals surface area (Å²) in [5, 5.41) is 5.15. The number of rotatable bonds is 2. The van der Waals surface area contributed by atoms with Crippen molar-refractivity contribution in [2.75, 3.05) is 17.2 Å². The molecule has 114 valence electrons. The van der Waals surface area contributed by atoms with Crippen LogP contribution in [0.5, 0.6) is 0 Å². The molecule has 1 fully saturated rings. The number of amides is 1. The maximum atomic E-state index is 12.8. The minimum absolute atomic E-state index is 0.108. The molecule has 1 amide bonds. The van der Waals surface area contributed by atoms with Crippen molar-refractivity contribution in [2.24, 2.45) is 5.14 Å². The quantitative estimate of drug-likeness (QED) is 0.893. The number of hydrogen-bond donors (Lipinski definition) is 1. The largest absolute Gasteiger partial charge is 0.311 e. The second-order valence-electron chi connectivity index (χ2n) is 5.73. The van der Waals surface area contributed by atoms with Crippen LogP contribution in [0.4, 0.5) is 5.69 Å². The van der Waals surface area contributed by atoms with Crippen molar-refractivity contribution < 1.29 is 13.2 Å². The molecule has 1 aromatic rings. The number of nitrogens with two attached hydrogens (primary N) is 1. The third-order valence-corrected chi connectivity index (χ3v) is 6.61. The highest BCUT2D eigenvalue weighted by Crippen LogP contribution is 2.41. The Morgan fingerprint density at radius 2 is 2.19 bits per heavy atom. The Bertz CT molecular complexity index is 694. The van der Waals surface area contributed by atoms with Gasteiger partial charge in [0.25, 0.3) is 0 Å². The molecule has 0 bridgehead atoms. The van der Waals surface area contributed by atoms with Gasteiger partial charge in [-0.15, -0.1) is 11.8 Å². The molecule has 2 aliphatic rings. The predicted molar refractivity (Wildman–Crippen MR) is 84.0 cm³/mol. The van der Waals surface area contributed by atoms with Crippen molar-refractivity contribution in [1.29, 1.82) is 0 Å². The molecule has 3 rings (SSSR count). The topological polar surface area (TPSA) is 80.5 Å². The third kappa shape index (κ3) is 2.58. The van der Waals surface area contributed by atoms with Gasteiger partial charge in [-0.25, -0.2) is 13.6 Å². The Morgan fingerprint density at radius 1 is 1.43 bits per heavy atom.